The number of hydrogen-bond donors (Lipinski definition) is 1. The summed E-state index contributed by atoms with van der Waals surface area (Å²) in [7, 11) is 0. The van der Waals surface area contributed by atoms with Crippen molar-refractivity contribution in [3.05, 3.63) is 59.5 Å². The molecule has 1 aromatic carbocycles. The standard InChI is InChI=1S/C20H26N2O2/c1-15-9-16(2)12-22(11-15)13-18-6-4-3-5-17(18)10-21-20(23)19-7-8-24-14-19/h3-8,14-16H,9-13H2,1-2H3,(H,21,23)/t15-,16-/m1/s1. The zero-order chi connectivity index (χ0) is 16.9. The van der Waals surface area contributed by atoms with Crippen LogP contribution in [0.2, 0.25) is 0 Å². The highest BCUT2D eigenvalue weighted by Crippen LogP contribution is 2.23. The first-order valence-corrected chi connectivity index (χ1v) is 8.71. The summed E-state index contributed by atoms with van der Waals surface area (Å²) in [6.07, 6.45) is 4.30. The maximum Gasteiger partial charge on any atom is 0.254 e. The van der Waals surface area contributed by atoms with E-state index < -0.39 is 0 Å². The molecule has 0 aliphatic carbocycles. The van der Waals surface area contributed by atoms with Crippen molar-refractivity contribution in [3.8, 4) is 0 Å². The average molecular weight is 326 g/mol. The Kier molecular flexibility index (Phi) is 5.36. The lowest BCUT2D eigenvalue weighted by Gasteiger charge is -2.35. The molecule has 4 nitrogen and oxygen atoms in total. The Morgan fingerprint density at radius 3 is 2.54 bits per heavy atom. The molecular formula is C20H26N2O2. The molecular weight excluding hydrogens is 300 g/mol. The smallest absolute Gasteiger partial charge is 0.254 e. The van der Waals surface area contributed by atoms with Gasteiger partial charge in [-0.05, 0) is 35.4 Å². The van der Waals surface area contributed by atoms with Crippen LogP contribution in [-0.2, 0) is 13.1 Å². The number of nitrogens with one attached hydrogen (secondary N) is 1. The van der Waals surface area contributed by atoms with Crippen LogP contribution in [0.4, 0.5) is 0 Å². The third-order valence-electron chi connectivity index (χ3n) is 4.68. The van der Waals surface area contributed by atoms with Gasteiger partial charge in [0.05, 0.1) is 11.8 Å². The van der Waals surface area contributed by atoms with E-state index in [1.165, 1.54) is 30.1 Å². The molecule has 128 valence electrons. The van der Waals surface area contributed by atoms with Crippen LogP contribution in [0.5, 0.6) is 0 Å². The van der Waals surface area contributed by atoms with Gasteiger partial charge in [0, 0.05) is 26.2 Å². The van der Waals surface area contributed by atoms with E-state index in [-0.39, 0.29) is 5.91 Å². The van der Waals surface area contributed by atoms with Crippen LogP contribution in [0.15, 0.2) is 47.3 Å². The molecule has 2 atom stereocenters. The van der Waals surface area contributed by atoms with E-state index in [4.69, 9.17) is 4.42 Å². The molecule has 1 saturated heterocycles. The van der Waals surface area contributed by atoms with Crippen molar-refractivity contribution in [1.29, 1.82) is 0 Å². The van der Waals surface area contributed by atoms with Crippen molar-refractivity contribution in [3.63, 3.8) is 0 Å². The first kappa shape index (κ1) is 16.8. The molecule has 1 aliphatic rings. The maximum absolute atomic E-state index is 12.1. The third kappa shape index (κ3) is 4.26. The highest BCUT2D eigenvalue weighted by atomic mass is 16.3. The topological polar surface area (TPSA) is 45.5 Å². The zero-order valence-corrected chi connectivity index (χ0v) is 14.5. The second-order valence-corrected chi connectivity index (χ2v) is 7.10. The van der Waals surface area contributed by atoms with Crippen molar-refractivity contribution in [2.45, 2.75) is 33.4 Å². The number of nitrogens with zero attached hydrogens (tertiary/aromatic N) is 1. The van der Waals surface area contributed by atoms with E-state index in [9.17, 15) is 4.79 Å². The normalized spacial score (nSPS) is 21.6. The molecule has 1 N–H and O–H groups in total. The number of piperidine rings is 1. The van der Waals surface area contributed by atoms with Gasteiger partial charge in [-0.3, -0.25) is 9.69 Å². The lowest BCUT2D eigenvalue weighted by Crippen LogP contribution is -2.38. The van der Waals surface area contributed by atoms with Gasteiger partial charge in [-0.2, -0.15) is 0 Å². The fourth-order valence-electron chi connectivity index (χ4n) is 3.72. The van der Waals surface area contributed by atoms with E-state index in [1.54, 1.807) is 6.07 Å². The molecule has 1 amide bonds. The van der Waals surface area contributed by atoms with Crippen LogP contribution in [0, 0.1) is 11.8 Å². The number of carbonyl (C=O) groups is 1. The Morgan fingerprint density at radius 2 is 1.88 bits per heavy atom. The Bertz CT molecular complexity index is 656. The van der Waals surface area contributed by atoms with Crippen LogP contribution >= 0.6 is 0 Å². The van der Waals surface area contributed by atoms with Crippen molar-refractivity contribution < 1.29 is 9.21 Å². The minimum absolute atomic E-state index is 0.0984. The van der Waals surface area contributed by atoms with Crippen LogP contribution < -0.4 is 5.32 Å². The number of benzene rings is 1. The molecule has 1 aromatic heterocycles. The van der Waals surface area contributed by atoms with Gasteiger partial charge in [0.25, 0.3) is 5.91 Å². The Balaban J connectivity index is 1.63. The highest BCUT2D eigenvalue weighted by molar-refractivity contribution is 5.93. The molecule has 4 heteroatoms. The molecule has 0 spiro atoms. The Morgan fingerprint density at radius 1 is 1.17 bits per heavy atom. The van der Waals surface area contributed by atoms with E-state index in [2.05, 4.69) is 42.3 Å². The summed E-state index contributed by atoms with van der Waals surface area (Å²) in [4.78, 5) is 14.6. The number of rotatable bonds is 5. The molecule has 0 saturated carbocycles. The van der Waals surface area contributed by atoms with Crippen LogP contribution in [0.25, 0.3) is 0 Å². The molecule has 1 fully saturated rings. The predicted octanol–water partition coefficient (Wildman–Crippen LogP) is 3.69. The van der Waals surface area contributed by atoms with Crippen molar-refractivity contribution >= 4 is 5.91 Å². The van der Waals surface area contributed by atoms with E-state index >= 15 is 0 Å². The predicted molar refractivity (Wildman–Crippen MR) is 94.5 cm³/mol. The van der Waals surface area contributed by atoms with E-state index in [0.717, 1.165) is 31.5 Å². The number of likely N-dealkylation sites (tertiary alicyclic amines) is 1. The zero-order valence-electron chi connectivity index (χ0n) is 14.5. The Hall–Kier alpha value is -2.07. The van der Waals surface area contributed by atoms with Gasteiger partial charge >= 0.3 is 0 Å². The summed E-state index contributed by atoms with van der Waals surface area (Å²) in [5.74, 6) is 1.40. The van der Waals surface area contributed by atoms with Crippen LogP contribution in [0.3, 0.4) is 0 Å². The number of furan rings is 1. The summed E-state index contributed by atoms with van der Waals surface area (Å²) in [5.41, 5.74) is 3.04. The average Bonchev–Trinajstić information content (AvgIpc) is 3.07. The van der Waals surface area contributed by atoms with Crippen molar-refractivity contribution in [2.75, 3.05) is 13.1 Å². The van der Waals surface area contributed by atoms with Gasteiger partial charge in [0.15, 0.2) is 0 Å². The van der Waals surface area contributed by atoms with Crippen molar-refractivity contribution in [1.82, 2.24) is 10.2 Å². The fourth-order valence-corrected chi connectivity index (χ4v) is 3.72. The number of hydrogen-bond acceptors (Lipinski definition) is 3. The van der Waals surface area contributed by atoms with Gasteiger partial charge in [-0.15, -0.1) is 0 Å². The second kappa shape index (κ2) is 7.67. The molecule has 0 bridgehead atoms. The first-order chi connectivity index (χ1) is 11.6. The summed E-state index contributed by atoms with van der Waals surface area (Å²) in [6.45, 7) is 8.46. The fraction of sp³-hybridized carbons (Fsp3) is 0.450. The monoisotopic (exact) mass is 326 g/mol. The molecule has 0 radical (unpaired) electrons. The van der Waals surface area contributed by atoms with E-state index in [0.29, 0.717) is 12.1 Å². The van der Waals surface area contributed by atoms with Gasteiger partial charge in [0.2, 0.25) is 0 Å². The molecule has 2 aromatic rings. The lowest BCUT2D eigenvalue weighted by molar-refractivity contribution is 0.0950. The van der Waals surface area contributed by atoms with Gasteiger partial charge in [0.1, 0.15) is 6.26 Å². The summed E-state index contributed by atoms with van der Waals surface area (Å²) in [6, 6.07) is 10.1. The van der Waals surface area contributed by atoms with Gasteiger partial charge in [-0.1, -0.05) is 38.1 Å². The molecule has 3 rings (SSSR count). The molecule has 1 aliphatic heterocycles. The molecule has 0 unspecified atom stereocenters. The number of carbonyl (C=O) groups excluding carboxylic acids is 1. The summed E-state index contributed by atoms with van der Waals surface area (Å²) in [5, 5.41) is 2.98. The summed E-state index contributed by atoms with van der Waals surface area (Å²) >= 11 is 0. The lowest BCUT2D eigenvalue weighted by atomic mass is 9.91. The minimum atomic E-state index is -0.0984. The summed E-state index contributed by atoms with van der Waals surface area (Å²) < 4.78 is 4.96. The largest absolute Gasteiger partial charge is 0.472 e. The SMILES string of the molecule is C[C@@H]1C[C@@H](C)CN(Cc2ccccc2CNC(=O)c2ccoc2)C1. The van der Waals surface area contributed by atoms with Crippen LogP contribution in [-0.4, -0.2) is 23.9 Å². The van der Waals surface area contributed by atoms with Gasteiger partial charge in [-0.25, -0.2) is 0 Å². The Labute approximate surface area is 143 Å². The number of amides is 1. The van der Waals surface area contributed by atoms with Crippen molar-refractivity contribution in [2.24, 2.45) is 11.8 Å². The maximum atomic E-state index is 12.1. The third-order valence-corrected chi connectivity index (χ3v) is 4.68. The van der Waals surface area contributed by atoms with E-state index in [1.807, 2.05) is 6.07 Å². The first-order valence-electron chi connectivity index (χ1n) is 8.71. The van der Waals surface area contributed by atoms with Crippen LogP contribution in [0.1, 0.15) is 41.8 Å². The molecule has 2 heterocycles. The second-order valence-electron chi connectivity index (χ2n) is 7.10. The highest BCUT2D eigenvalue weighted by Gasteiger charge is 2.22. The molecule has 24 heavy (non-hydrogen) atoms. The van der Waals surface area contributed by atoms with Gasteiger partial charge < -0.3 is 9.73 Å². The quantitative estimate of drug-likeness (QED) is 0.911. The minimum Gasteiger partial charge on any atom is -0.472 e.